The van der Waals surface area contributed by atoms with Crippen molar-refractivity contribution >= 4 is 5.91 Å². The number of nitrogens with zero attached hydrogens (tertiary/aromatic N) is 4. The smallest absolute Gasteiger partial charge is 0.219 e. The van der Waals surface area contributed by atoms with Crippen LogP contribution in [0.4, 0.5) is 0 Å². The number of hydrogen-bond acceptors (Lipinski definition) is 6. The van der Waals surface area contributed by atoms with E-state index in [1.807, 2.05) is 9.96 Å². The average molecular weight is 330 g/mol. The van der Waals surface area contributed by atoms with Crippen molar-refractivity contribution < 1.29 is 14.4 Å². The molecule has 2 rings (SSSR count). The van der Waals surface area contributed by atoms with Gasteiger partial charge in [0.15, 0.2) is 6.79 Å². The van der Waals surface area contributed by atoms with Crippen LogP contribution in [0.5, 0.6) is 0 Å². The SMILES string of the molecule is CC(=O)N1CCN(C)CC1.CCCOCON1CCN(C)CC1. The van der Waals surface area contributed by atoms with Crippen LogP contribution in [0.2, 0.25) is 0 Å². The van der Waals surface area contributed by atoms with E-state index in [9.17, 15) is 4.79 Å². The molecule has 0 aliphatic carbocycles. The van der Waals surface area contributed by atoms with Crippen LogP contribution >= 0.6 is 0 Å². The first kappa shape index (κ1) is 20.3. The van der Waals surface area contributed by atoms with Crippen molar-refractivity contribution in [2.45, 2.75) is 20.3 Å². The highest BCUT2D eigenvalue weighted by atomic mass is 16.8. The number of hydroxylamine groups is 2. The molecule has 23 heavy (non-hydrogen) atoms. The predicted molar refractivity (Wildman–Crippen MR) is 91.0 cm³/mol. The summed E-state index contributed by atoms with van der Waals surface area (Å²) in [6.45, 7) is 12.8. The van der Waals surface area contributed by atoms with Crippen molar-refractivity contribution in [2.24, 2.45) is 0 Å². The average Bonchev–Trinajstić information content (AvgIpc) is 2.54. The van der Waals surface area contributed by atoms with E-state index in [0.717, 1.165) is 65.4 Å². The topological polar surface area (TPSA) is 48.5 Å². The minimum atomic E-state index is 0.202. The zero-order chi connectivity index (χ0) is 17.1. The molecule has 2 aliphatic heterocycles. The number of piperazine rings is 2. The first-order chi connectivity index (χ1) is 11.0. The van der Waals surface area contributed by atoms with Crippen molar-refractivity contribution in [3.8, 4) is 0 Å². The van der Waals surface area contributed by atoms with Gasteiger partial charge in [0.25, 0.3) is 0 Å². The van der Waals surface area contributed by atoms with Gasteiger partial charge in [-0.05, 0) is 20.5 Å². The number of hydrogen-bond donors (Lipinski definition) is 0. The number of carbonyl (C=O) groups is 1. The second-order valence-corrected chi connectivity index (χ2v) is 6.20. The lowest BCUT2D eigenvalue weighted by Crippen LogP contribution is -2.46. The summed E-state index contributed by atoms with van der Waals surface area (Å²) in [5.74, 6) is 0.202. The maximum absolute atomic E-state index is 10.8. The highest BCUT2D eigenvalue weighted by Gasteiger charge is 2.15. The molecule has 136 valence electrons. The van der Waals surface area contributed by atoms with Gasteiger partial charge in [-0.2, -0.15) is 5.06 Å². The van der Waals surface area contributed by atoms with Crippen LogP contribution in [0.1, 0.15) is 20.3 Å². The van der Waals surface area contributed by atoms with Gasteiger partial charge in [0.1, 0.15) is 0 Å². The summed E-state index contributed by atoms with van der Waals surface area (Å²) < 4.78 is 5.23. The van der Waals surface area contributed by atoms with Gasteiger partial charge in [0.05, 0.1) is 0 Å². The van der Waals surface area contributed by atoms with Gasteiger partial charge in [-0.15, -0.1) is 0 Å². The maximum Gasteiger partial charge on any atom is 0.219 e. The Hall–Kier alpha value is -0.730. The van der Waals surface area contributed by atoms with Crippen LogP contribution in [0.25, 0.3) is 0 Å². The lowest BCUT2D eigenvalue weighted by Gasteiger charge is -2.31. The van der Waals surface area contributed by atoms with Gasteiger partial charge in [-0.3, -0.25) is 9.63 Å². The fraction of sp³-hybridized carbons (Fsp3) is 0.938. The van der Waals surface area contributed by atoms with E-state index in [1.165, 1.54) is 0 Å². The number of carbonyl (C=O) groups excluding carboxylic acids is 1. The molecular weight excluding hydrogens is 296 g/mol. The largest absolute Gasteiger partial charge is 0.353 e. The monoisotopic (exact) mass is 330 g/mol. The van der Waals surface area contributed by atoms with Crippen molar-refractivity contribution in [1.82, 2.24) is 19.8 Å². The molecule has 0 aromatic carbocycles. The molecule has 2 saturated heterocycles. The van der Waals surface area contributed by atoms with Crippen LogP contribution in [0.15, 0.2) is 0 Å². The minimum absolute atomic E-state index is 0.202. The van der Waals surface area contributed by atoms with Crippen LogP contribution in [0.3, 0.4) is 0 Å². The van der Waals surface area contributed by atoms with Crippen molar-refractivity contribution in [1.29, 1.82) is 0 Å². The molecule has 0 aromatic heterocycles. The van der Waals surface area contributed by atoms with E-state index in [-0.39, 0.29) is 5.91 Å². The predicted octanol–water partition coefficient (Wildman–Crippen LogP) is 0.330. The van der Waals surface area contributed by atoms with Gasteiger partial charge in [0, 0.05) is 65.9 Å². The fourth-order valence-corrected chi connectivity index (χ4v) is 2.35. The maximum atomic E-state index is 10.8. The van der Waals surface area contributed by atoms with Crippen LogP contribution in [0, 0.1) is 0 Å². The zero-order valence-electron chi connectivity index (χ0n) is 15.3. The molecule has 0 spiro atoms. The molecule has 0 unspecified atom stereocenters. The molecule has 0 bridgehead atoms. The summed E-state index contributed by atoms with van der Waals surface area (Å²) in [5, 5.41) is 1.98. The molecule has 1 amide bonds. The molecular formula is C16H34N4O3. The highest BCUT2D eigenvalue weighted by molar-refractivity contribution is 5.73. The van der Waals surface area contributed by atoms with Crippen LogP contribution in [-0.2, 0) is 14.4 Å². The molecule has 0 N–H and O–H groups in total. The number of ether oxygens (including phenoxy) is 1. The number of likely N-dealkylation sites (N-methyl/N-ethyl adjacent to an activating group) is 2. The van der Waals surface area contributed by atoms with Crippen molar-refractivity contribution in [2.75, 3.05) is 79.9 Å². The summed E-state index contributed by atoms with van der Waals surface area (Å²) in [6, 6.07) is 0. The molecule has 0 radical (unpaired) electrons. The van der Waals surface area contributed by atoms with Crippen molar-refractivity contribution in [3.05, 3.63) is 0 Å². The van der Waals surface area contributed by atoms with Gasteiger partial charge < -0.3 is 19.4 Å². The van der Waals surface area contributed by atoms with E-state index >= 15 is 0 Å². The Kier molecular flexibility index (Phi) is 10.4. The Balaban J connectivity index is 0.000000238. The first-order valence-electron chi connectivity index (χ1n) is 8.61. The van der Waals surface area contributed by atoms with Gasteiger partial charge in [-0.1, -0.05) is 6.92 Å². The first-order valence-corrected chi connectivity index (χ1v) is 8.61. The van der Waals surface area contributed by atoms with Gasteiger partial charge in [0.2, 0.25) is 5.91 Å². The summed E-state index contributed by atoms with van der Waals surface area (Å²) in [5.41, 5.74) is 0. The Labute approximate surface area is 141 Å². The van der Waals surface area contributed by atoms with Gasteiger partial charge in [-0.25, -0.2) is 0 Å². The molecule has 7 heteroatoms. The Morgan fingerprint density at radius 2 is 1.43 bits per heavy atom. The van der Waals surface area contributed by atoms with E-state index in [4.69, 9.17) is 9.57 Å². The van der Waals surface area contributed by atoms with E-state index in [1.54, 1.807) is 6.92 Å². The molecule has 2 aliphatic rings. The highest BCUT2D eigenvalue weighted by Crippen LogP contribution is 2.00. The van der Waals surface area contributed by atoms with Crippen LogP contribution < -0.4 is 0 Å². The lowest BCUT2D eigenvalue weighted by molar-refractivity contribution is -0.234. The third-order valence-corrected chi connectivity index (χ3v) is 4.08. The molecule has 2 heterocycles. The summed E-state index contributed by atoms with van der Waals surface area (Å²) in [4.78, 5) is 22.7. The fourth-order valence-electron chi connectivity index (χ4n) is 2.35. The second kappa shape index (κ2) is 11.8. The molecule has 7 nitrogen and oxygen atoms in total. The Morgan fingerprint density at radius 1 is 0.913 bits per heavy atom. The minimum Gasteiger partial charge on any atom is -0.353 e. The third kappa shape index (κ3) is 9.22. The molecule has 0 atom stereocenters. The van der Waals surface area contributed by atoms with E-state index in [0.29, 0.717) is 6.79 Å². The zero-order valence-corrected chi connectivity index (χ0v) is 15.3. The van der Waals surface area contributed by atoms with E-state index < -0.39 is 0 Å². The molecule has 0 aromatic rings. The quantitative estimate of drug-likeness (QED) is 0.535. The normalized spacial score (nSPS) is 21.0. The summed E-state index contributed by atoms with van der Waals surface area (Å²) in [6.07, 6.45) is 1.05. The summed E-state index contributed by atoms with van der Waals surface area (Å²) in [7, 11) is 4.21. The summed E-state index contributed by atoms with van der Waals surface area (Å²) >= 11 is 0. The third-order valence-electron chi connectivity index (χ3n) is 4.08. The number of rotatable bonds is 5. The standard InChI is InChI=1S/C9H20N2O2.C7H14N2O/c1-3-8-12-9-13-11-6-4-10(2)5-7-11;1-7(10)9-5-3-8(2)4-6-9/h3-9H2,1-2H3;3-6H2,1-2H3. The molecule has 0 saturated carbocycles. The van der Waals surface area contributed by atoms with E-state index in [2.05, 4.69) is 30.8 Å². The van der Waals surface area contributed by atoms with Crippen LogP contribution in [-0.4, -0.2) is 106 Å². The number of amides is 1. The Bertz CT molecular complexity index is 314. The van der Waals surface area contributed by atoms with Gasteiger partial charge >= 0.3 is 0 Å². The second-order valence-electron chi connectivity index (χ2n) is 6.20. The van der Waals surface area contributed by atoms with Crippen molar-refractivity contribution in [3.63, 3.8) is 0 Å². The Morgan fingerprint density at radius 3 is 1.91 bits per heavy atom. The molecule has 2 fully saturated rings. The lowest BCUT2D eigenvalue weighted by atomic mass is 10.3.